The van der Waals surface area contributed by atoms with Crippen LogP contribution in [0.25, 0.3) is 0 Å². The van der Waals surface area contributed by atoms with E-state index in [9.17, 15) is 9.90 Å². The van der Waals surface area contributed by atoms with Gasteiger partial charge < -0.3 is 14.9 Å². The first-order valence-corrected chi connectivity index (χ1v) is 10.7. The smallest absolute Gasteiger partial charge is 0.309 e. The van der Waals surface area contributed by atoms with Gasteiger partial charge in [0, 0.05) is 6.42 Å². The fraction of sp³-hybridized carbons (Fsp3) is 0.708. The summed E-state index contributed by atoms with van der Waals surface area (Å²) in [5.74, 6) is 5.12. The highest BCUT2D eigenvalue weighted by molar-refractivity contribution is 5.73. The molecule has 0 saturated carbocycles. The molecule has 158 valence electrons. The van der Waals surface area contributed by atoms with Gasteiger partial charge in [-0.05, 0) is 46.0 Å². The fourth-order valence-electron chi connectivity index (χ4n) is 2.87. The molecule has 0 aliphatic carbocycles. The van der Waals surface area contributed by atoms with Crippen molar-refractivity contribution in [1.82, 2.24) is 0 Å². The van der Waals surface area contributed by atoms with Crippen LogP contribution in [0.2, 0.25) is 0 Å². The van der Waals surface area contributed by atoms with Crippen LogP contribution in [0.5, 0.6) is 0 Å². The van der Waals surface area contributed by atoms with E-state index in [0.717, 1.165) is 32.1 Å². The number of carboxylic acids is 1. The number of aliphatic hydroxyl groups excluding tert-OH is 1. The molecule has 3 atom stereocenters. The Labute approximate surface area is 171 Å². The van der Waals surface area contributed by atoms with Crippen molar-refractivity contribution in [3.63, 3.8) is 0 Å². The number of epoxide rings is 1. The van der Waals surface area contributed by atoms with Crippen LogP contribution in [0, 0.1) is 17.3 Å². The Morgan fingerprint density at radius 1 is 1.14 bits per heavy atom. The van der Waals surface area contributed by atoms with Crippen molar-refractivity contribution in [3.05, 3.63) is 24.3 Å². The molecule has 1 aliphatic heterocycles. The molecule has 2 N–H and O–H groups in total. The maximum atomic E-state index is 11.1. The van der Waals surface area contributed by atoms with Crippen molar-refractivity contribution in [3.8, 4) is 11.8 Å². The van der Waals surface area contributed by atoms with Gasteiger partial charge in [-0.1, -0.05) is 68.8 Å². The highest BCUT2D eigenvalue weighted by atomic mass is 16.6. The minimum absolute atomic E-state index is 0.0721. The first kappa shape index (κ1) is 24.5. The molecule has 0 spiro atoms. The van der Waals surface area contributed by atoms with Gasteiger partial charge in [0.1, 0.15) is 12.2 Å². The summed E-state index contributed by atoms with van der Waals surface area (Å²) in [7, 11) is 0. The standard InChI is InChI=1S/C24H38O4/c1-4-5-6-7-8-9-10-11-12-15-20(25)17-18-22-21(28-22)16-13-14-19-24(2,3)23(26)27/h8-9,11-12,20-22,25H,4-7,10,13-16,19H2,1-3H3,(H,26,27)/b9-8-,12-11-. The predicted octanol–water partition coefficient (Wildman–Crippen LogP) is 5.26. The van der Waals surface area contributed by atoms with Gasteiger partial charge >= 0.3 is 5.97 Å². The molecule has 4 nitrogen and oxygen atoms in total. The molecule has 0 aromatic heterocycles. The van der Waals surface area contributed by atoms with E-state index in [1.54, 1.807) is 13.8 Å². The molecule has 0 bridgehead atoms. The van der Waals surface area contributed by atoms with Crippen LogP contribution in [0.4, 0.5) is 0 Å². The summed E-state index contributed by atoms with van der Waals surface area (Å²) in [5.41, 5.74) is -0.661. The van der Waals surface area contributed by atoms with E-state index in [4.69, 9.17) is 9.84 Å². The number of aliphatic carboxylic acids is 1. The summed E-state index contributed by atoms with van der Waals surface area (Å²) in [6.45, 7) is 5.73. The Kier molecular flexibility index (Phi) is 11.9. The first-order chi connectivity index (χ1) is 13.4. The van der Waals surface area contributed by atoms with Crippen molar-refractivity contribution in [2.24, 2.45) is 5.41 Å². The Bertz CT molecular complexity index is 565. The highest BCUT2D eigenvalue weighted by Gasteiger charge is 2.36. The van der Waals surface area contributed by atoms with Crippen molar-refractivity contribution < 1.29 is 19.7 Å². The van der Waals surface area contributed by atoms with Gasteiger partial charge in [-0.2, -0.15) is 0 Å². The van der Waals surface area contributed by atoms with Gasteiger partial charge in [0.15, 0.2) is 0 Å². The van der Waals surface area contributed by atoms with Crippen molar-refractivity contribution in [2.75, 3.05) is 0 Å². The SMILES string of the molecule is CCCCC/C=C\C/C=C\CC(O)C#CC1OC1CCCCC(C)(C)C(=O)O. The molecule has 0 aromatic rings. The van der Waals surface area contributed by atoms with Crippen LogP contribution in [-0.2, 0) is 9.53 Å². The number of allylic oxidation sites excluding steroid dienone is 3. The quantitative estimate of drug-likeness (QED) is 0.184. The molecule has 28 heavy (non-hydrogen) atoms. The highest BCUT2D eigenvalue weighted by Crippen LogP contribution is 2.29. The van der Waals surface area contributed by atoms with E-state index in [1.807, 2.05) is 6.08 Å². The van der Waals surface area contributed by atoms with Gasteiger partial charge in [-0.25, -0.2) is 0 Å². The largest absolute Gasteiger partial charge is 0.481 e. The van der Waals surface area contributed by atoms with Gasteiger partial charge in [-0.15, -0.1) is 0 Å². The molecule has 0 amide bonds. The number of carbonyl (C=O) groups is 1. The lowest BCUT2D eigenvalue weighted by molar-refractivity contribution is -0.147. The minimum Gasteiger partial charge on any atom is -0.481 e. The number of hydrogen-bond acceptors (Lipinski definition) is 3. The van der Waals surface area contributed by atoms with Gasteiger partial charge in [0.25, 0.3) is 0 Å². The molecule has 3 unspecified atom stereocenters. The molecule has 0 radical (unpaired) electrons. The van der Waals surface area contributed by atoms with Crippen LogP contribution in [-0.4, -0.2) is 34.5 Å². The summed E-state index contributed by atoms with van der Waals surface area (Å²) in [6, 6.07) is 0. The van der Waals surface area contributed by atoms with Crippen molar-refractivity contribution >= 4 is 5.97 Å². The lowest BCUT2D eigenvalue weighted by Gasteiger charge is -2.18. The second-order valence-corrected chi connectivity index (χ2v) is 8.24. The van der Waals surface area contributed by atoms with Gasteiger partial charge in [-0.3, -0.25) is 4.79 Å². The lowest BCUT2D eigenvalue weighted by Crippen LogP contribution is -2.23. The number of hydrogen-bond donors (Lipinski definition) is 2. The number of unbranched alkanes of at least 4 members (excludes halogenated alkanes) is 4. The summed E-state index contributed by atoms with van der Waals surface area (Å²) in [5, 5.41) is 19.0. The molecule has 1 rings (SSSR count). The average Bonchev–Trinajstić information content (AvgIpc) is 3.40. The Morgan fingerprint density at radius 3 is 2.61 bits per heavy atom. The molecule has 4 heteroatoms. The van der Waals surface area contributed by atoms with Gasteiger partial charge in [0.05, 0.1) is 11.5 Å². The summed E-state index contributed by atoms with van der Waals surface area (Å²) < 4.78 is 5.52. The van der Waals surface area contributed by atoms with E-state index in [-0.39, 0.29) is 12.2 Å². The average molecular weight is 391 g/mol. The van der Waals surface area contributed by atoms with Crippen molar-refractivity contribution in [1.29, 1.82) is 0 Å². The molecular formula is C24H38O4. The molecule has 1 saturated heterocycles. The number of carboxylic acid groups (broad SMARTS) is 1. The van der Waals surface area contributed by atoms with E-state index < -0.39 is 17.5 Å². The number of rotatable bonds is 14. The lowest BCUT2D eigenvalue weighted by atomic mass is 9.87. The molecule has 1 aliphatic rings. The van der Waals surface area contributed by atoms with E-state index in [0.29, 0.717) is 12.8 Å². The van der Waals surface area contributed by atoms with Crippen LogP contribution in [0.3, 0.4) is 0 Å². The zero-order chi connectivity index (χ0) is 20.8. The van der Waals surface area contributed by atoms with E-state index in [2.05, 4.69) is 37.0 Å². The summed E-state index contributed by atoms with van der Waals surface area (Å²) in [6.07, 6.45) is 17.6. The zero-order valence-electron chi connectivity index (χ0n) is 17.8. The van der Waals surface area contributed by atoms with Crippen LogP contribution >= 0.6 is 0 Å². The second kappa shape index (κ2) is 13.6. The summed E-state index contributed by atoms with van der Waals surface area (Å²) >= 11 is 0. The number of ether oxygens (including phenoxy) is 1. The molecule has 0 aromatic carbocycles. The Morgan fingerprint density at radius 2 is 1.89 bits per heavy atom. The molecule has 1 heterocycles. The topological polar surface area (TPSA) is 70.1 Å². The molecule has 1 fully saturated rings. The maximum Gasteiger partial charge on any atom is 0.309 e. The first-order valence-electron chi connectivity index (χ1n) is 10.7. The fourth-order valence-corrected chi connectivity index (χ4v) is 2.87. The monoisotopic (exact) mass is 390 g/mol. The van der Waals surface area contributed by atoms with Crippen LogP contribution < -0.4 is 0 Å². The molecular weight excluding hydrogens is 352 g/mol. The Hall–Kier alpha value is -1.57. The third-order valence-electron chi connectivity index (χ3n) is 5.03. The zero-order valence-corrected chi connectivity index (χ0v) is 17.8. The third kappa shape index (κ3) is 11.3. The summed E-state index contributed by atoms with van der Waals surface area (Å²) in [4.78, 5) is 11.1. The number of aliphatic hydroxyl groups is 1. The third-order valence-corrected chi connectivity index (χ3v) is 5.03. The van der Waals surface area contributed by atoms with E-state index in [1.165, 1.54) is 19.3 Å². The van der Waals surface area contributed by atoms with E-state index >= 15 is 0 Å². The predicted molar refractivity (Wildman–Crippen MR) is 114 cm³/mol. The minimum atomic E-state index is -0.745. The van der Waals surface area contributed by atoms with Gasteiger partial charge in [0.2, 0.25) is 0 Å². The Balaban J connectivity index is 2.09. The second-order valence-electron chi connectivity index (χ2n) is 8.24. The van der Waals surface area contributed by atoms with Crippen molar-refractivity contribution in [2.45, 2.75) is 103 Å². The maximum absolute atomic E-state index is 11.1. The normalized spacial score (nSPS) is 20.3. The van der Waals surface area contributed by atoms with Crippen LogP contribution in [0.15, 0.2) is 24.3 Å². The van der Waals surface area contributed by atoms with Crippen LogP contribution in [0.1, 0.15) is 85.0 Å².